The number of carbonyl (C=O) groups excluding carboxylic acids is 1. The Labute approximate surface area is 131 Å². The molecule has 0 aliphatic heterocycles. The van der Waals surface area contributed by atoms with Gasteiger partial charge in [0.05, 0.1) is 0 Å². The van der Waals surface area contributed by atoms with Crippen molar-refractivity contribution in [2.45, 2.75) is 26.7 Å². The number of allylic oxidation sites excluding steroid dienone is 4. The van der Waals surface area contributed by atoms with Crippen LogP contribution in [0.4, 0.5) is 0 Å². The van der Waals surface area contributed by atoms with E-state index in [0.717, 1.165) is 35.1 Å². The Hall–Kier alpha value is -2.41. The highest BCUT2D eigenvalue weighted by atomic mass is 16.1. The van der Waals surface area contributed by atoms with Crippen LogP contribution >= 0.6 is 0 Å². The molecule has 0 N–H and O–H groups in total. The molecule has 108 valence electrons. The van der Waals surface area contributed by atoms with Crippen LogP contribution in [0.15, 0.2) is 59.7 Å². The maximum atomic E-state index is 13.3. The largest absolute Gasteiger partial charge is 0.289 e. The molecule has 1 nitrogen and oxygen atoms in total. The minimum atomic E-state index is 0.199. The van der Waals surface area contributed by atoms with Gasteiger partial charge in [-0.25, -0.2) is 0 Å². The van der Waals surface area contributed by atoms with Crippen LogP contribution < -0.4 is 0 Å². The SMILES string of the molecule is CC1=C(C(=O)C2=C(C)Cc3ccccc32)c2ccccc2C1. The Balaban J connectivity index is 1.84. The Bertz CT molecular complexity index is 793. The summed E-state index contributed by atoms with van der Waals surface area (Å²) in [7, 11) is 0. The molecule has 2 aromatic rings. The monoisotopic (exact) mass is 286 g/mol. The lowest BCUT2D eigenvalue weighted by atomic mass is 9.92. The van der Waals surface area contributed by atoms with Crippen molar-refractivity contribution in [3.05, 3.63) is 81.9 Å². The zero-order valence-corrected chi connectivity index (χ0v) is 12.9. The molecule has 1 heteroatoms. The molecular weight excluding hydrogens is 268 g/mol. The fourth-order valence-electron chi connectivity index (χ4n) is 3.80. The summed E-state index contributed by atoms with van der Waals surface area (Å²) >= 11 is 0. The number of Topliss-reactive ketones (excluding diaryl/α,β-unsaturated/α-hetero) is 1. The Morgan fingerprint density at radius 2 is 1.14 bits per heavy atom. The second-order valence-corrected chi connectivity index (χ2v) is 6.31. The zero-order valence-electron chi connectivity index (χ0n) is 12.9. The molecule has 0 amide bonds. The third kappa shape index (κ3) is 1.82. The van der Waals surface area contributed by atoms with E-state index < -0.39 is 0 Å². The average Bonchev–Trinajstić information content (AvgIpc) is 3.01. The second-order valence-electron chi connectivity index (χ2n) is 6.31. The molecule has 4 rings (SSSR count). The standard InChI is InChI=1S/C21H18O/c1-13-11-15-7-3-5-9-17(15)19(13)21(22)20-14(2)12-16-8-4-6-10-18(16)20/h3-10H,11-12H2,1-2H3. The van der Waals surface area contributed by atoms with Gasteiger partial charge in [0.1, 0.15) is 0 Å². The van der Waals surface area contributed by atoms with Gasteiger partial charge in [-0.1, -0.05) is 59.7 Å². The molecule has 0 aromatic heterocycles. The van der Waals surface area contributed by atoms with Crippen molar-refractivity contribution < 1.29 is 4.79 Å². The van der Waals surface area contributed by atoms with E-state index in [-0.39, 0.29) is 5.78 Å². The number of hydrogen-bond donors (Lipinski definition) is 0. The summed E-state index contributed by atoms with van der Waals surface area (Å²) in [5.74, 6) is 0.199. The molecule has 22 heavy (non-hydrogen) atoms. The predicted molar refractivity (Wildman–Crippen MR) is 90.5 cm³/mol. The van der Waals surface area contributed by atoms with E-state index in [2.05, 4.69) is 50.2 Å². The molecule has 0 atom stereocenters. The van der Waals surface area contributed by atoms with Crippen LogP contribution in [0.1, 0.15) is 36.1 Å². The third-order valence-corrected chi connectivity index (χ3v) is 4.79. The Morgan fingerprint density at radius 1 is 0.727 bits per heavy atom. The van der Waals surface area contributed by atoms with Crippen molar-refractivity contribution in [1.82, 2.24) is 0 Å². The topological polar surface area (TPSA) is 17.1 Å². The summed E-state index contributed by atoms with van der Waals surface area (Å²) in [6.07, 6.45) is 1.79. The van der Waals surface area contributed by atoms with Gasteiger partial charge in [-0.3, -0.25) is 4.79 Å². The van der Waals surface area contributed by atoms with Crippen molar-refractivity contribution in [3.63, 3.8) is 0 Å². The molecule has 0 saturated heterocycles. The summed E-state index contributed by atoms with van der Waals surface area (Å²) in [5, 5.41) is 0. The molecule has 2 aliphatic rings. The van der Waals surface area contributed by atoms with Gasteiger partial charge in [-0.2, -0.15) is 0 Å². The van der Waals surface area contributed by atoms with Gasteiger partial charge < -0.3 is 0 Å². The van der Waals surface area contributed by atoms with Crippen molar-refractivity contribution in [3.8, 4) is 0 Å². The number of ketones is 1. The van der Waals surface area contributed by atoms with Gasteiger partial charge in [0.2, 0.25) is 0 Å². The van der Waals surface area contributed by atoms with E-state index in [1.165, 1.54) is 22.3 Å². The van der Waals surface area contributed by atoms with Crippen molar-refractivity contribution >= 4 is 16.9 Å². The molecule has 0 bridgehead atoms. The minimum Gasteiger partial charge on any atom is -0.289 e. The molecule has 0 fully saturated rings. The quantitative estimate of drug-likeness (QED) is 0.787. The van der Waals surface area contributed by atoms with E-state index in [1.807, 2.05) is 12.1 Å². The first-order valence-corrected chi connectivity index (χ1v) is 7.77. The third-order valence-electron chi connectivity index (χ3n) is 4.79. The maximum Gasteiger partial charge on any atom is 0.194 e. The Morgan fingerprint density at radius 3 is 1.59 bits per heavy atom. The number of rotatable bonds is 2. The van der Waals surface area contributed by atoms with Gasteiger partial charge in [-0.05, 0) is 48.9 Å². The summed E-state index contributed by atoms with van der Waals surface area (Å²) in [6.45, 7) is 4.17. The van der Waals surface area contributed by atoms with Crippen LogP contribution in [-0.4, -0.2) is 5.78 Å². The van der Waals surface area contributed by atoms with Crippen LogP contribution in [0.25, 0.3) is 11.1 Å². The highest BCUT2D eigenvalue weighted by Gasteiger charge is 2.30. The highest BCUT2D eigenvalue weighted by molar-refractivity contribution is 6.44. The summed E-state index contributed by atoms with van der Waals surface area (Å²) < 4.78 is 0. The number of carbonyl (C=O) groups is 1. The smallest absolute Gasteiger partial charge is 0.194 e. The summed E-state index contributed by atoms with van der Waals surface area (Å²) in [4.78, 5) is 13.3. The van der Waals surface area contributed by atoms with Gasteiger partial charge in [0, 0.05) is 11.1 Å². The molecule has 0 unspecified atom stereocenters. The first-order valence-electron chi connectivity index (χ1n) is 7.77. The molecule has 2 aliphatic carbocycles. The molecule has 0 radical (unpaired) electrons. The van der Waals surface area contributed by atoms with E-state index in [9.17, 15) is 4.79 Å². The van der Waals surface area contributed by atoms with Gasteiger partial charge in [-0.15, -0.1) is 0 Å². The first kappa shape index (κ1) is 13.3. The zero-order chi connectivity index (χ0) is 15.3. The number of hydrogen-bond acceptors (Lipinski definition) is 1. The average molecular weight is 286 g/mol. The van der Waals surface area contributed by atoms with E-state index >= 15 is 0 Å². The van der Waals surface area contributed by atoms with Gasteiger partial charge in [0.15, 0.2) is 5.78 Å². The lowest BCUT2D eigenvalue weighted by molar-refractivity contribution is -0.108. The summed E-state index contributed by atoms with van der Waals surface area (Å²) in [5.41, 5.74) is 9.00. The Kier molecular flexibility index (Phi) is 2.90. The van der Waals surface area contributed by atoms with Crippen molar-refractivity contribution in [2.75, 3.05) is 0 Å². The number of fused-ring (bicyclic) bond motifs is 2. The van der Waals surface area contributed by atoms with Crippen LogP contribution in [0, 0.1) is 0 Å². The summed E-state index contributed by atoms with van der Waals surface area (Å²) in [6, 6.07) is 16.6. The molecular formula is C21H18O. The highest BCUT2D eigenvalue weighted by Crippen LogP contribution is 2.40. The lowest BCUT2D eigenvalue weighted by Crippen LogP contribution is -2.05. The molecule has 0 heterocycles. The van der Waals surface area contributed by atoms with Crippen molar-refractivity contribution in [2.24, 2.45) is 0 Å². The minimum absolute atomic E-state index is 0.199. The van der Waals surface area contributed by atoms with Gasteiger partial charge >= 0.3 is 0 Å². The molecule has 0 saturated carbocycles. The van der Waals surface area contributed by atoms with Crippen LogP contribution in [0.3, 0.4) is 0 Å². The lowest BCUT2D eigenvalue weighted by Gasteiger charge is -2.10. The fraction of sp³-hybridized carbons (Fsp3) is 0.190. The van der Waals surface area contributed by atoms with Crippen molar-refractivity contribution in [1.29, 1.82) is 0 Å². The fourth-order valence-corrected chi connectivity index (χ4v) is 3.80. The predicted octanol–water partition coefficient (Wildman–Crippen LogP) is 4.62. The molecule has 0 spiro atoms. The normalized spacial score (nSPS) is 16.1. The number of benzene rings is 2. The van der Waals surface area contributed by atoms with Crippen LogP contribution in [0.5, 0.6) is 0 Å². The van der Waals surface area contributed by atoms with E-state index in [1.54, 1.807) is 0 Å². The van der Waals surface area contributed by atoms with Gasteiger partial charge in [0.25, 0.3) is 0 Å². The maximum absolute atomic E-state index is 13.3. The molecule has 2 aromatic carbocycles. The van der Waals surface area contributed by atoms with E-state index in [0.29, 0.717) is 0 Å². The second kappa shape index (κ2) is 4.81. The van der Waals surface area contributed by atoms with Crippen LogP contribution in [-0.2, 0) is 17.6 Å². The van der Waals surface area contributed by atoms with E-state index in [4.69, 9.17) is 0 Å². The first-order chi connectivity index (χ1) is 10.7. The van der Waals surface area contributed by atoms with Crippen LogP contribution in [0.2, 0.25) is 0 Å².